The molecule has 0 saturated heterocycles. The van der Waals surface area contributed by atoms with E-state index in [4.69, 9.17) is 14.2 Å². The molecule has 5 atom stereocenters. The Morgan fingerprint density at radius 1 is 0.397 bits per heavy atom. The molecule has 0 N–H and O–H groups in total. The topological polar surface area (TPSA) is 78.9 Å². The van der Waals surface area contributed by atoms with E-state index in [9.17, 15) is 14.4 Å². The molecule has 0 aromatic heterocycles. The van der Waals surface area contributed by atoms with Crippen LogP contribution in [0.5, 0.6) is 0 Å². The minimum Gasteiger partial charge on any atom is -0.462 e. The van der Waals surface area contributed by atoms with Crippen molar-refractivity contribution in [2.75, 3.05) is 13.2 Å². The van der Waals surface area contributed by atoms with Gasteiger partial charge in [-0.05, 0) is 87.9 Å². The molecule has 2 fully saturated rings. The van der Waals surface area contributed by atoms with E-state index in [1.165, 1.54) is 193 Å². The highest BCUT2D eigenvalue weighted by atomic mass is 16.6. The maximum atomic E-state index is 12.8. The maximum absolute atomic E-state index is 12.8. The summed E-state index contributed by atoms with van der Waals surface area (Å²) in [5.41, 5.74) is 0. The molecule has 0 bridgehead atoms. The minimum atomic E-state index is -0.765. The maximum Gasteiger partial charge on any atom is 0.306 e. The fourth-order valence-corrected chi connectivity index (χ4v) is 9.66. The van der Waals surface area contributed by atoms with Crippen molar-refractivity contribution in [3.05, 3.63) is 12.2 Å². The predicted octanol–water partition coefficient (Wildman–Crippen LogP) is 17.5. The van der Waals surface area contributed by atoms with Gasteiger partial charge >= 0.3 is 17.9 Å². The molecule has 63 heavy (non-hydrogen) atoms. The third-order valence-corrected chi connectivity index (χ3v) is 14.2. The first kappa shape index (κ1) is 57.3. The van der Waals surface area contributed by atoms with Gasteiger partial charge in [0.25, 0.3) is 0 Å². The van der Waals surface area contributed by atoms with E-state index in [1.807, 2.05) is 0 Å². The lowest BCUT2D eigenvalue weighted by Gasteiger charge is -2.18. The van der Waals surface area contributed by atoms with Crippen molar-refractivity contribution in [3.63, 3.8) is 0 Å². The highest BCUT2D eigenvalue weighted by Crippen LogP contribution is 2.54. The van der Waals surface area contributed by atoms with Crippen LogP contribution in [0.1, 0.15) is 290 Å². The molecule has 0 heterocycles. The van der Waals surface area contributed by atoms with E-state index >= 15 is 0 Å². The number of unbranched alkanes of at least 4 members (excludes halogenated alkanes) is 29. The quantitative estimate of drug-likeness (QED) is 0.0262. The fourth-order valence-electron chi connectivity index (χ4n) is 9.66. The van der Waals surface area contributed by atoms with Crippen molar-refractivity contribution in [2.45, 2.75) is 297 Å². The van der Waals surface area contributed by atoms with Crippen molar-refractivity contribution < 1.29 is 28.6 Å². The Balaban J connectivity index is 1.57. The van der Waals surface area contributed by atoms with Gasteiger partial charge in [0, 0.05) is 19.3 Å². The molecule has 2 saturated carbocycles. The number of hydrogen-bond donors (Lipinski definition) is 0. The third kappa shape index (κ3) is 36.0. The highest BCUT2D eigenvalue weighted by molar-refractivity contribution is 5.71. The van der Waals surface area contributed by atoms with Crippen LogP contribution in [-0.2, 0) is 28.6 Å². The summed E-state index contributed by atoms with van der Waals surface area (Å²) < 4.78 is 16.9. The van der Waals surface area contributed by atoms with Gasteiger partial charge < -0.3 is 14.2 Å². The number of allylic oxidation sites excluding steroid dienone is 2. The van der Waals surface area contributed by atoms with Gasteiger partial charge in [0.1, 0.15) is 13.2 Å². The second-order valence-corrected chi connectivity index (χ2v) is 20.4. The number of hydrogen-bond acceptors (Lipinski definition) is 6. The van der Waals surface area contributed by atoms with Gasteiger partial charge in [-0.3, -0.25) is 14.4 Å². The van der Waals surface area contributed by atoms with Crippen LogP contribution >= 0.6 is 0 Å². The van der Waals surface area contributed by atoms with Gasteiger partial charge in [-0.15, -0.1) is 0 Å². The summed E-state index contributed by atoms with van der Waals surface area (Å²) in [6, 6.07) is 0. The molecule has 368 valence electrons. The van der Waals surface area contributed by atoms with Crippen molar-refractivity contribution in [1.82, 2.24) is 0 Å². The molecule has 6 heteroatoms. The molecule has 2 rings (SSSR count). The van der Waals surface area contributed by atoms with Crippen LogP contribution in [0.25, 0.3) is 0 Å². The minimum absolute atomic E-state index is 0.0636. The monoisotopic (exact) mass is 885 g/mol. The first-order valence-corrected chi connectivity index (χ1v) is 28.1. The number of ether oxygens (including phenoxy) is 3. The van der Waals surface area contributed by atoms with E-state index < -0.39 is 6.10 Å². The zero-order chi connectivity index (χ0) is 45.3. The molecule has 0 aromatic rings. The van der Waals surface area contributed by atoms with E-state index in [2.05, 4.69) is 32.9 Å². The van der Waals surface area contributed by atoms with Crippen LogP contribution < -0.4 is 0 Å². The second kappa shape index (κ2) is 41.6. The van der Waals surface area contributed by atoms with E-state index in [1.54, 1.807) is 0 Å². The SMILES string of the molecule is CCCCCCCCC=CCCCCCCCC(=O)OC(COC(=O)CCCCCCCCCCCCCCC)COC(=O)CCCCCCCC1CC1CC1CC1CCCCC. The summed E-state index contributed by atoms with van der Waals surface area (Å²) in [7, 11) is 0. The lowest BCUT2D eigenvalue weighted by Crippen LogP contribution is -2.30. The molecule has 2 aliphatic rings. The Kier molecular flexibility index (Phi) is 37.8. The molecule has 0 spiro atoms. The number of carbonyl (C=O) groups is 3. The fraction of sp³-hybridized carbons (Fsp3) is 0.912. The lowest BCUT2D eigenvalue weighted by molar-refractivity contribution is -0.167. The second-order valence-electron chi connectivity index (χ2n) is 20.4. The molecular weight excluding hydrogens is 781 g/mol. The summed E-state index contributed by atoms with van der Waals surface area (Å²) in [5.74, 6) is 3.27. The molecule has 0 amide bonds. The van der Waals surface area contributed by atoms with E-state index in [0.717, 1.165) is 81.5 Å². The summed E-state index contributed by atoms with van der Waals surface area (Å²) in [5, 5.41) is 0. The number of carbonyl (C=O) groups excluding carboxylic acids is 3. The van der Waals surface area contributed by atoms with Crippen LogP contribution in [0.15, 0.2) is 12.2 Å². The Labute approximate surface area is 390 Å². The average Bonchev–Trinajstić information content (AvgIpc) is 4.21. The van der Waals surface area contributed by atoms with Crippen molar-refractivity contribution >= 4 is 17.9 Å². The Bertz CT molecular complexity index is 1100. The van der Waals surface area contributed by atoms with Crippen molar-refractivity contribution in [2.24, 2.45) is 23.7 Å². The van der Waals surface area contributed by atoms with E-state index in [0.29, 0.717) is 19.3 Å². The van der Waals surface area contributed by atoms with Crippen molar-refractivity contribution in [1.29, 1.82) is 0 Å². The smallest absolute Gasteiger partial charge is 0.306 e. The molecule has 6 nitrogen and oxygen atoms in total. The Morgan fingerprint density at radius 2 is 0.714 bits per heavy atom. The van der Waals surface area contributed by atoms with Crippen LogP contribution in [0.3, 0.4) is 0 Å². The molecule has 0 radical (unpaired) electrons. The Morgan fingerprint density at radius 3 is 1.13 bits per heavy atom. The molecular formula is C57H104O6. The lowest BCUT2D eigenvalue weighted by atomic mass is 10.0. The summed E-state index contributed by atoms with van der Waals surface area (Å²) in [4.78, 5) is 38.2. The van der Waals surface area contributed by atoms with Gasteiger partial charge in [-0.2, -0.15) is 0 Å². The first-order valence-electron chi connectivity index (χ1n) is 28.1. The van der Waals surface area contributed by atoms with Gasteiger partial charge in [0.15, 0.2) is 6.10 Å². The molecule has 5 unspecified atom stereocenters. The predicted molar refractivity (Wildman–Crippen MR) is 266 cm³/mol. The summed E-state index contributed by atoms with van der Waals surface area (Å²) >= 11 is 0. The van der Waals surface area contributed by atoms with E-state index in [-0.39, 0.29) is 31.1 Å². The average molecular weight is 885 g/mol. The van der Waals surface area contributed by atoms with Crippen molar-refractivity contribution in [3.8, 4) is 0 Å². The molecule has 0 aliphatic heterocycles. The first-order chi connectivity index (χ1) is 31.0. The van der Waals surface area contributed by atoms with Gasteiger partial charge in [0.05, 0.1) is 0 Å². The zero-order valence-corrected chi connectivity index (χ0v) is 42.1. The number of esters is 3. The number of rotatable bonds is 48. The molecule has 0 aromatic carbocycles. The zero-order valence-electron chi connectivity index (χ0n) is 42.1. The van der Waals surface area contributed by atoms with Gasteiger partial charge in [-0.25, -0.2) is 0 Å². The van der Waals surface area contributed by atoms with Gasteiger partial charge in [0.2, 0.25) is 0 Å². The highest BCUT2D eigenvalue weighted by Gasteiger charge is 2.44. The Hall–Kier alpha value is -1.85. The van der Waals surface area contributed by atoms with Crippen LogP contribution in [0.4, 0.5) is 0 Å². The van der Waals surface area contributed by atoms with Crippen LogP contribution in [0, 0.1) is 23.7 Å². The normalized spacial score (nSPS) is 18.5. The summed E-state index contributed by atoms with van der Waals surface area (Å²) in [6.07, 6.45) is 54.1. The molecule has 2 aliphatic carbocycles. The standard InChI is InChI=1S/C57H104O6/c1-4-7-10-12-14-16-18-20-21-23-25-27-29-33-39-44-57(60)63-54(48-61-55(58)42-37-32-28-26-24-22-19-17-15-13-11-8-5-2)49-62-56(59)43-38-34-30-31-36-41-51-46-53(51)47-52-45-50(52)40-35-9-6-3/h20-21,50-54H,4-19,22-49H2,1-3H3. The largest absolute Gasteiger partial charge is 0.462 e. The van der Waals surface area contributed by atoms with Crippen LogP contribution in [0.2, 0.25) is 0 Å². The van der Waals surface area contributed by atoms with Crippen LogP contribution in [-0.4, -0.2) is 37.2 Å². The van der Waals surface area contributed by atoms with Gasteiger partial charge in [-0.1, -0.05) is 219 Å². The summed E-state index contributed by atoms with van der Waals surface area (Å²) in [6.45, 7) is 6.71. The third-order valence-electron chi connectivity index (χ3n) is 14.2.